The van der Waals surface area contributed by atoms with E-state index in [1.807, 2.05) is 20.8 Å². The molecular weight excluding hydrogens is 368 g/mol. The van der Waals surface area contributed by atoms with E-state index < -0.39 is 5.60 Å². The van der Waals surface area contributed by atoms with Crippen LogP contribution >= 0.6 is 15.9 Å². The van der Waals surface area contributed by atoms with E-state index in [4.69, 9.17) is 4.74 Å². The molecule has 1 saturated heterocycles. The van der Waals surface area contributed by atoms with Crippen molar-refractivity contribution in [2.45, 2.75) is 52.1 Å². The van der Waals surface area contributed by atoms with Gasteiger partial charge >= 0.3 is 6.09 Å². The van der Waals surface area contributed by atoms with E-state index in [1.165, 1.54) is 16.5 Å². The Balaban J connectivity index is 1.75. The second-order valence-electron chi connectivity index (χ2n) is 7.89. The molecule has 24 heavy (non-hydrogen) atoms. The first kappa shape index (κ1) is 17.3. The molecule has 0 unspecified atom stereocenters. The molecule has 0 aliphatic carbocycles. The van der Waals surface area contributed by atoms with Crippen molar-refractivity contribution in [2.75, 3.05) is 13.1 Å². The van der Waals surface area contributed by atoms with Crippen LogP contribution in [0.1, 0.15) is 57.6 Å². The summed E-state index contributed by atoms with van der Waals surface area (Å²) in [6, 6.07) is 6.56. The number of aromatic amines is 1. The van der Waals surface area contributed by atoms with Crippen molar-refractivity contribution >= 4 is 32.9 Å². The number of hydrogen-bond acceptors (Lipinski definition) is 2. The number of benzene rings is 1. The Morgan fingerprint density at radius 3 is 2.58 bits per heavy atom. The maximum atomic E-state index is 12.1. The third-order valence-electron chi connectivity index (χ3n) is 4.40. The van der Waals surface area contributed by atoms with Crippen molar-refractivity contribution in [3.05, 3.63) is 33.9 Å². The number of hydrogen-bond donors (Lipinski definition) is 1. The number of carbonyl (C=O) groups excluding carboxylic acids is 1. The van der Waals surface area contributed by atoms with E-state index in [1.54, 1.807) is 4.90 Å². The Hall–Kier alpha value is -1.49. The molecule has 0 bridgehead atoms. The molecule has 2 heterocycles. The van der Waals surface area contributed by atoms with Crippen LogP contribution in [0.25, 0.3) is 10.9 Å². The van der Waals surface area contributed by atoms with Crippen LogP contribution in [-0.4, -0.2) is 34.7 Å². The molecule has 0 atom stereocenters. The van der Waals surface area contributed by atoms with Crippen LogP contribution < -0.4 is 0 Å². The lowest BCUT2D eigenvalue weighted by molar-refractivity contribution is 0.00821. The van der Waals surface area contributed by atoms with Crippen molar-refractivity contribution in [2.24, 2.45) is 0 Å². The Labute approximate surface area is 151 Å². The highest BCUT2D eigenvalue weighted by Crippen LogP contribution is 2.36. The highest BCUT2D eigenvalue weighted by atomic mass is 79.9. The average Bonchev–Trinajstić information content (AvgIpc) is 2.69. The highest BCUT2D eigenvalue weighted by Gasteiger charge is 2.34. The maximum absolute atomic E-state index is 12.1. The summed E-state index contributed by atoms with van der Waals surface area (Å²) in [5.41, 5.74) is 3.31. The first-order valence-corrected chi connectivity index (χ1v) is 9.24. The van der Waals surface area contributed by atoms with Gasteiger partial charge in [-0.2, -0.15) is 0 Å². The zero-order valence-corrected chi connectivity index (χ0v) is 16.5. The van der Waals surface area contributed by atoms with Crippen molar-refractivity contribution in [3.63, 3.8) is 0 Å². The summed E-state index contributed by atoms with van der Waals surface area (Å²) < 4.78 is 6.49. The van der Waals surface area contributed by atoms with Gasteiger partial charge in [0.15, 0.2) is 0 Å². The predicted octanol–water partition coefficient (Wildman–Crippen LogP) is 5.39. The van der Waals surface area contributed by atoms with Gasteiger partial charge in [0.2, 0.25) is 0 Å². The molecule has 3 rings (SSSR count). The van der Waals surface area contributed by atoms with Crippen LogP contribution in [0.15, 0.2) is 22.8 Å². The number of ether oxygens (including phenoxy) is 1. The number of nitrogens with zero attached hydrogens (tertiary/aromatic N) is 1. The zero-order valence-electron chi connectivity index (χ0n) is 14.9. The number of likely N-dealkylation sites (tertiary alicyclic amines) is 1. The number of nitrogens with one attached hydrogen (secondary N) is 1. The van der Waals surface area contributed by atoms with E-state index in [-0.39, 0.29) is 6.09 Å². The van der Waals surface area contributed by atoms with Gasteiger partial charge in [0, 0.05) is 29.9 Å². The van der Waals surface area contributed by atoms with Gasteiger partial charge in [-0.25, -0.2) is 4.79 Å². The van der Waals surface area contributed by atoms with Gasteiger partial charge in [-0.15, -0.1) is 0 Å². The number of amides is 1. The number of fused-ring (bicyclic) bond motifs is 1. The number of rotatable bonds is 2. The minimum atomic E-state index is -0.440. The summed E-state index contributed by atoms with van der Waals surface area (Å²) in [5, 5.41) is 1.27. The van der Waals surface area contributed by atoms with Gasteiger partial charge in [0.25, 0.3) is 0 Å². The number of H-pyrrole nitrogens is 1. The molecule has 0 spiro atoms. The maximum Gasteiger partial charge on any atom is 0.410 e. The molecule has 1 aliphatic heterocycles. The van der Waals surface area contributed by atoms with E-state index >= 15 is 0 Å². The molecule has 0 radical (unpaired) electrons. The van der Waals surface area contributed by atoms with Crippen molar-refractivity contribution in [1.82, 2.24) is 9.88 Å². The topological polar surface area (TPSA) is 45.3 Å². The Morgan fingerprint density at radius 1 is 1.33 bits per heavy atom. The van der Waals surface area contributed by atoms with Crippen LogP contribution in [0.2, 0.25) is 0 Å². The summed E-state index contributed by atoms with van der Waals surface area (Å²) in [6.45, 7) is 11.5. The average molecular weight is 393 g/mol. The van der Waals surface area contributed by atoms with Crippen LogP contribution in [0.4, 0.5) is 4.79 Å². The van der Waals surface area contributed by atoms with Crippen molar-refractivity contribution in [1.29, 1.82) is 0 Å². The Kier molecular flexibility index (Phi) is 4.41. The van der Waals surface area contributed by atoms with Gasteiger partial charge in [-0.1, -0.05) is 19.9 Å². The standard InChI is InChI=1S/C19H25BrN2O2/c1-11(2)16-14-8-12(6-7-15(14)21-17(16)20)13-9-22(10-13)18(23)24-19(3,4)5/h6-8,11,13,21H,9-10H2,1-5H3. The van der Waals surface area contributed by atoms with Gasteiger partial charge in [-0.05, 0) is 65.9 Å². The molecular formula is C19H25BrN2O2. The molecule has 1 N–H and O–H groups in total. The second kappa shape index (κ2) is 6.10. The van der Waals surface area contributed by atoms with E-state index in [0.717, 1.165) is 23.2 Å². The molecule has 2 aromatic rings. The highest BCUT2D eigenvalue weighted by molar-refractivity contribution is 9.10. The molecule has 0 saturated carbocycles. The third-order valence-corrected chi connectivity index (χ3v) is 5.02. The first-order chi connectivity index (χ1) is 11.2. The Morgan fingerprint density at radius 2 is 2.00 bits per heavy atom. The fourth-order valence-electron chi connectivity index (χ4n) is 3.18. The predicted molar refractivity (Wildman–Crippen MR) is 101 cm³/mol. The minimum Gasteiger partial charge on any atom is -0.444 e. The minimum absolute atomic E-state index is 0.216. The van der Waals surface area contributed by atoms with Gasteiger partial charge in [-0.3, -0.25) is 0 Å². The molecule has 1 aliphatic rings. The van der Waals surface area contributed by atoms with E-state index in [2.05, 4.69) is 53.0 Å². The third kappa shape index (κ3) is 3.32. The molecule has 4 nitrogen and oxygen atoms in total. The van der Waals surface area contributed by atoms with Crippen LogP contribution in [0.5, 0.6) is 0 Å². The summed E-state index contributed by atoms with van der Waals surface area (Å²) in [4.78, 5) is 17.2. The van der Waals surface area contributed by atoms with Crippen LogP contribution in [0.3, 0.4) is 0 Å². The largest absolute Gasteiger partial charge is 0.444 e. The fourth-order valence-corrected chi connectivity index (χ4v) is 4.07. The number of carbonyl (C=O) groups is 1. The lowest BCUT2D eigenvalue weighted by atomic mass is 9.90. The van der Waals surface area contributed by atoms with E-state index in [0.29, 0.717) is 11.8 Å². The van der Waals surface area contributed by atoms with Gasteiger partial charge in [0.1, 0.15) is 5.60 Å². The monoisotopic (exact) mass is 392 g/mol. The SMILES string of the molecule is CC(C)c1c(Br)[nH]c2ccc(C3CN(C(=O)OC(C)(C)C)C3)cc12. The zero-order chi connectivity index (χ0) is 17.6. The quantitative estimate of drug-likeness (QED) is 0.744. The second-order valence-corrected chi connectivity index (χ2v) is 8.69. The normalized spacial score (nSPS) is 15.9. The summed E-state index contributed by atoms with van der Waals surface area (Å²) in [6.07, 6.45) is -0.216. The van der Waals surface area contributed by atoms with Crippen LogP contribution in [0, 0.1) is 0 Å². The van der Waals surface area contributed by atoms with Gasteiger partial charge in [0.05, 0.1) is 4.60 Å². The van der Waals surface area contributed by atoms with E-state index in [9.17, 15) is 4.79 Å². The molecule has 1 aromatic carbocycles. The van der Waals surface area contributed by atoms with Gasteiger partial charge < -0.3 is 14.6 Å². The van der Waals surface area contributed by atoms with Crippen molar-refractivity contribution < 1.29 is 9.53 Å². The summed E-state index contributed by atoms with van der Waals surface area (Å²) in [5.74, 6) is 0.832. The number of halogens is 1. The molecule has 130 valence electrons. The smallest absolute Gasteiger partial charge is 0.410 e. The lowest BCUT2D eigenvalue weighted by Crippen LogP contribution is -2.50. The molecule has 1 aromatic heterocycles. The van der Waals surface area contributed by atoms with Crippen LogP contribution in [-0.2, 0) is 4.74 Å². The molecule has 1 fully saturated rings. The Bertz CT molecular complexity index is 768. The summed E-state index contributed by atoms with van der Waals surface area (Å²) in [7, 11) is 0. The number of aromatic nitrogens is 1. The molecule has 5 heteroatoms. The lowest BCUT2D eigenvalue weighted by Gasteiger charge is -2.40. The molecule has 1 amide bonds. The summed E-state index contributed by atoms with van der Waals surface area (Å²) >= 11 is 3.63. The van der Waals surface area contributed by atoms with Crippen molar-refractivity contribution in [3.8, 4) is 0 Å². The fraction of sp³-hybridized carbons (Fsp3) is 0.526. The first-order valence-electron chi connectivity index (χ1n) is 8.44.